The zero-order valence-corrected chi connectivity index (χ0v) is 9.48. The number of carbonyl (C=O) groups excluding carboxylic acids is 1. The maximum Gasteiger partial charge on any atom is 1.00 e. The summed E-state index contributed by atoms with van der Waals surface area (Å²) in [5, 5.41) is 13.0. The summed E-state index contributed by atoms with van der Waals surface area (Å²) in [5.74, 6) is -1.43. The first kappa shape index (κ1) is 14.2. The molecule has 78 valence electrons. The third kappa shape index (κ3) is 3.37. The molecule has 0 aromatic carbocycles. The van der Waals surface area contributed by atoms with E-state index >= 15 is 0 Å². The second-order valence-electron chi connectivity index (χ2n) is 2.90. The number of hydrogen-bond acceptors (Lipinski definition) is 5. The summed E-state index contributed by atoms with van der Waals surface area (Å²) < 4.78 is 23.2. The number of nitrogens with zero attached hydrogens (tertiary/aromatic N) is 2. The molecule has 0 N–H and O–H groups in total. The van der Waals surface area contributed by atoms with Gasteiger partial charge in [-0.15, -0.1) is 0 Å². The molecule has 1 atom stereocenters. The van der Waals surface area contributed by atoms with Crippen LogP contribution in [-0.2, 0) is 9.84 Å². The van der Waals surface area contributed by atoms with Gasteiger partial charge >= 0.3 is 18.9 Å². The van der Waals surface area contributed by atoms with Crippen LogP contribution in [0.2, 0.25) is 0 Å². The number of aromatic carboxylic acids is 1. The Morgan fingerprint density at radius 2 is 2.13 bits per heavy atom. The number of aromatic nitrogens is 2. The summed E-state index contributed by atoms with van der Waals surface area (Å²) >= 11 is 0. The maximum absolute atomic E-state index is 11.1. The van der Waals surface area contributed by atoms with Gasteiger partial charge < -0.3 is 9.90 Å². The van der Waals surface area contributed by atoms with Crippen LogP contribution in [0.25, 0.3) is 0 Å². The Bertz CT molecular complexity index is 453. The first-order valence-corrected chi connectivity index (χ1v) is 5.73. The molecule has 0 amide bonds. The van der Waals surface area contributed by atoms with E-state index in [1.165, 1.54) is 19.2 Å². The van der Waals surface area contributed by atoms with Crippen molar-refractivity contribution in [1.29, 1.82) is 0 Å². The second kappa shape index (κ2) is 4.83. The minimum Gasteiger partial charge on any atom is -0.543 e. The van der Waals surface area contributed by atoms with Gasteiger partial charge in [-0.3, -0.25) is 4.68 Å². The quantitative estimate of drug-likeness (QED) is 0.485. The van der Waals surface area contributed by atoms with Crippen LogP contribution < -0.4 is 24.0 Å². The molecular formula is C7H9LiN2O4S. The standard InChI is InChI=1S/C7H10N2O4S.Li/c1-5(14(2,12)13)9-4-3-6(8-9)7(10)11;/h3-5H,1-2H3,(H,10,11);/q;+1/p-1. The van der Waals surface area contributed by atoms with Crippen molar-refractivity contribution in [2.45, 2.75) is 12.3 Å². The molecule has 1 aromatic heterocycles. The van der Waals surface area contributed by atoms with Crippen molar-refractivity contribution in [2.75, 3.05) is 6.26 Å². The van der Waals surface area contributed by atoms with Crippen molar-refractivity contribution < 1.29 is 37.2 Å². The second-order valence-corrected chi connectivity index (χ2v) is 5.24. The molecule has 0 aliphatic rings. The average molecular weight is 224 g/mol. The molecule has 0 saturated carbocycles. The first-order valence-electron chi connectivity index (χ1n) is 3.77. The Labute approximate surface area is 99.4 Å². The largest absolute Gasteiger partial charge is 1.00 e. The molecule has 1 heterocycles. The summed E-state index contributed by atoms with van der Waals surface area (Å²) in [7, 11) is -3.28. The minimum atomic E-state index is -3.28. The van der Waals surface area contributed by atoms with E-state index < -0.39 is 21.2 Å². The van der Waals surface area contributed by atoms with Gasteiger partial charge in [-0.2, -0.15) is 5.10 Å². The maximum atomic E-state index is 11.1. The molecule has 0 radical (unpaired) electrons. The summed E-state index contributed by atoms with van der Waals surface area (Å²) in [5.41, 5.74) is -0.277. The van der Waals surface area contributed by atoms with Gasteiger partial charge in [0, 0.05) is 12.5 Å². The van der Waals surface area contributed by atoms with Crippen molar-refractivity contribution in [3.63, 3.8) is 0 Å². The van der Waals surface area contributed by atoms with Gasteiger partial charge in [0.25, 0.3) is 0 Å². The van der Waals surface area contributed by atoms with Crippen molar-refractivity contribution in [1.82, 2.24) is 9.78 Å². The predicted molar refractivity (Wildman–Crippen MR) is 46.1 cm³/mol. The number of sulfone groups is 1. The summed E-state index contributed by atoms with van der Waals surface area (Å²) in [6.45, 7) is 1.42. The Balaban J connectivity index is 0.00000196. The molecular weight excluding hydrogens is 215 g/mol. The molecule has 0 saturated heterocycles. The Morgan fingerprint density at radius 3 is 2.47 bits per heavy atom. The third-order valence-corrected chi connectivity index (χ3v) is 3.26. The van der Waals surface area contributed by atoms with E-state index in [4.69, 9.17) is 0 Å². The molecule has 0 aliphatic carbocycles. The van der Waals surface area contributed by atoms with Crippen LogP contribution >= 0.6 is 0 Å². The van der Waals surface area contributed by atoms with Gasteiger partial charge in [0.2, 0.25) is 0 Å². The predicted octanol–water partition coefficient (Wildman–Crippen LogP) is -4.19. The van der Waals surface area contributed by atoms with Crippen molar-refractivity contribution in [3.05, 3.63) is 18.0 Å². The van der Waals surface area contributed by atoms with E-state index in [9.17, 15) is 18.3 Å². The van der Waals surface area contributed by atoms with Gasteiger partial charge in [-0.25, -0.2) is 8.42 Å². The van der Waals surface area contributed by atoms with Crippen LogP contribution in [0.4, 0.5) is 0 Å². The zero-order chi connectivity index (χ0) is 10.9. The van der Waals surface area contributed by atoms with E-state index in [1.54, 1.807) is 0 Å². The Hall–Kier alpha value is -0.773. The molecule has 0 aliphatic heterocycles. The van der Waals surface area contributed by atoms with E-state index in [0.717, 1.165) is 10.9 Å². The Morgan fingerprint density at radius 1 is 1.60 bits per heavy atom. The van der Waals surface area contributed by atoms with Crippen LogP contribution in [0.1, 0.15) is 22.8 Å². The van der Waals surface area contributed by atoms with Gasteiger partial charge in [0.1, 0.15) is 11.1 Å². The molecule has 15 heavy (non-hydrogen) atoms. The van der Waals surface area contributed by atoms with Crippen LogP contribution in [0.3, 0.4) is 0 Å². The van der Waals surface area contributed by atoms with E-state index in [-0.39, 0.29) is 24.6 Å². The fraction of sp³-hybridized carbons (Fsp3) is 0.429. The van der Waals surface area contributed by atoms with Crippen molar-refractivity contribution in [2.24, 2.45) is 0 Å². The van der Waals surface area contributed by atoms with E-state index in [0.29, 0.717) is 0 Å². The van der Waals surface area contributed by atoms with Gasteiger partial charge in [-0.1, -0.05) is 0 Å². The van der Waals surface area contributed by atoms with Crippen LogP contribution in [0, 0.1) is 0 Å². The number of carboxylic acid groups (broad SMARTS) is 1. The molecule has 1 unspecified atom stereocenters. The van der Waals surface area contributed by atoms with E-state index in [1.807, 2.05) is 0 Å². The number of carbonyl (C=O) groups is 1. The molecule has 0 bridgehead atoms. The fourth-order valence-corrected chi connectivity index (χ4v) is 1.36. The number of carboxylic acids is 1. The van der Waals surface area contributed by atoms with Crippen LogP contribution in [0.5, 0.6) is 0 Å². The van der Waals surface area contributed by atoms with Gasteiger partial charge in [0.05, 0.1) is 5.97 Å². The average Bonchev–Trinajstić information content (AvgIpc) is 2.48. The molecule has 0 spiro atoms. The monoisotopic (exact) mass is 224 g/mol. The van der Waals surface area contributed by atoms with Crippen molar-refractivity contribution >= 4 is 15.8 Å². The van der Waals surface area contributed by atoms with E-state index in [2.05, 4.69) is 5.10 Å². The van der Waals surface area contributed by atoms with Crippen LogP contribution in [0.15, 0.2) is 12.3 Å². The summed E-state index contributed by atoms with van der Waals surface area (Å²) in [6.07, 6.45) is 2.34. The normalized spacial score (nSPS) is 12.9. The molecule has 6 nitrogen and oxygen atoms in total. The molecule has 0 fully saturated rings. The first-order chi connectivity index (χ1) is 6.32. The zero-order valence-electron chi connectivity index (χ0n) is 8.67. The summed E-state index contributed by atoms with van der Waals surface area (Å²) in [6, 6.07) is 1.19. The minimum absolute atomic E-state index is 0. The SMILES string of the molecule is CC(n1ccc(C(=O)[O-])n1)S(C)(=O)=O.[Li+]. The van der Waals surface area contributed by atoms with Gasteiger partial charge in [0.15, 0.2) is 9.84 Å². The molecule has 8 heteroatoms. The third-order valence-electron chi connectivity index (χ3n) is 1.81. The molecule has 1 rings (SSSR count). The summed E-state index contributed by atoms with van der Waals surface area (Å²) in [4.78, 5) is 10.4. The number of hydrogen-bond donors (Lipinski definition) is 0. The number of rotatable bonds is 3. The Kier molecular flexibility index (Phi) is 4.58. The smallest absolute Gasteiger partial charge is 0.543 e. The van der Waals surface area contributed by atoms with Crippen molar-refractivity contribution in [3.8, 4) is 0 Å². The fourth-order valence-electron chi connectivity index (χ4n) is 0.846. The van der Waals surface area contributed by atoms with Crippen LogP contribution in [-0.4, -0.2) is 30.4 Å². The van der Waals surface area contributed by atoms with Gasteiger partial charge in [-0.05, 0) is 13.0 Å². The topological polar surface area (TPSA) is 92.1 Å². The molecule has 1 aromatic rings.